The SMILES string of the molecule is CNS(=O)(=O)N1CC(C)=C(C)C1. The average Bonchev–Trinajstić information content (AvgIpc) is 2.33. The van der Waals surface area contributed by atoms with Crippen molar-refractivity contribution in [3.8, 4) is 0 Å². The Kier molecular flexibility index (Phi) is 2.55. The van der Waals surface area contributed by atoms with Crippen molar-refractivity contribution in [2.75, 3.05) is 20.1 Å². The van der Waals surface area contributed by atoms with Gasteiger partial charge in [-0.3, -0.25) is 0 Å². The van der Waals surface area contributed by atoms with Gasteiger partial charge in [0.15, 0.2) is 0 Å². The predicted molar refractivity (Wildman–Crippen MR) is 47.9 cm³/mol. The molecule has 0 amide bonds. The molecule has 1 rings (SSSR count). The number of rotatable bonds is 2. The standard InChI is InChI=1S/C7H14N2O2S/c1-6-4-9(5-7(6)2)12(10,11)8-3/h8H,4-5H2,1-3H3. The molecule has 0 saturated heterocycles. The van der Waals surface area contributed by atoms with Crippen LogP contribution in [-0.4, -0.2) is 32.9 Å². The van der Waals surface area contributed by atoms with Gasteiger partial charge in [0.05, 0.1) is 0 Å². The quantitative estimate of drug-likeness (QED) is 0.628. The van der Waals surface area contributed by atoms with E-state index in [1.54, 1.807) is 0 Å². The zero-order valence-corrected chi connectivity index (χ0v) is 8.40. The lowest BCUT2D eigenvalue weighted by Crippen LogP contribution is -2.37. The largest absolute Gasteiger partial charge is 0.279 e. The van der Waals surface area contributed by atoms with E-state index in [0.29, 0.717) is 13.1 Å². The highest BCUT2D eigenvalue weighted by Gasteiger charge is 2.25. The molecular formula is C7H14N2O2S. The Bertz CT molecular complexity index is 291. The fourth-order valence-corrected chi connectivity index (χ4v) is 2.14. The summed E-state index contributed by atoms with van der Waals surface area (Å²) in [5, 5.41) is 0. The van der Waals surface area contributed by atoms with Gasteiger partial charge in [0.25, 0.3) is 10.2 Å². The van der Waals surface area contributed by atoms with Gasteiger partial charge in [-0.05, 0) is 13.8 Å². The highest BCUT2D eigenvalue weighted by atomic mass is 32.2. The van der Waals surface area contributed by atoms with Gasteiger partial charge >= 0.3 is 0 Å². The fourth-order valence-electron chi connectivity index (χ4n) is 1.15. The van der Waals surface area contributed by atoms with E-state index in [0.717, 1.165) is 11.1 Å². The summed E-state index contributed by atoms with van der Waals surface area (Å²) in [7, 11) is -1.79. The first-order valence-electron chi connectivity index (χ1n) is 3.81. The zero-order valence-electron chi connectivity index (χ0n) is 7.59. The molecule has 4 nitrogen and oxygen atoms in total. The molecule has 0 saturated carbocycles. The lowest BCUT2D eigenvalue weighted by atomic mass is 10.2. The normalized spacial score (nSPS) is 20.6. The Balaban J connectivity index is 2.76. The van der Waals surface area contributed by atoms with Gasteiger partial charge in [0.2, 0.25) is 0 Å². The number of nitrogens with zero attached hydrogens (tertiary/aromatic N) is 1. The van der Waals surface area contributed by atoms with Crippen LogP contribution in [0.4, 0.5) is 0 Å². The third-order valence-electron chi connectivity index (χ3n) is 2.15. The first-order valence-corrected chi connectivity index (χ1v) is 5.25. The summed E-state index contributed by atoms with van der Waals surface area (Å²) in [6, 6.07) is 0. The van der Waals surface area contributed by atoms with Gasteiger partial charge in [-0.25, -0.2) is 4.72 Å². The molecule has 0 bridgehead atoms. The summed E-state index contributed by atoms with van der Waals surface area (Å²) in [5.41, 5.74) is 2.29. The molecule has 0 fully saturated rings. The monoisotopic (exact) mass is 190 g/mol. The molecule has 0 aromatic carbocycles. The maximum absolute atomic E-state index is 11.3. The summed E-state index contributed by atoms with van der Waals surface area (Å²) in [6.45, 7) is 4.96. The lowest BCUT2D eigenvalue weighted by molar-refractivity contribution is 0.473. The topological polar surface area (TPSA) is 49.4 Å². The molecule has 0 spiro atoms. The molecule has 5 heteroatoms. The van der Waals surface area contributed by atoms with Crippen molar-refractivity contribution < 1.29 is 8.42 Å². The van der Waals surface area contributed by atoms with Crippen LogP contribution in [0.3, 0.4) is 0 Å². The van der Waals surface area contributed by atoms with E-state index in [1.807, 2.05) is 13.8 Å². The van der Waals surface area contributed by atoms with E-state index in [4.69, 9.17) is 0 Å². The van der Waals surface area contributed by atoms with Crippen molar-refractivity contribution in [1.29, 1.82) is 0 Å². The van der Waals surface area contributed by atoms with Crippen LogP contribution < -0.4 is 4.72 Å². The Labute approximate surface area is 73.4 Å². The van der Waals surface area contributed by atoms with Crippen LogP contribution in [0.5, 0.6) is 0 Å². The number of hydrogen-bond acceptors (Lipinski definition) is 2. The van der Waals surface area contributed by atoms with Gasteiger partial charge in [-0.1, -0.05) is 11.1 Å². The highest BCUT2D eigenvalue weighted by molar-refractivity contribution is 7.87. The fraction of sp³-hybridized carbons (Fsp3) is 0.714. The van der Waals surface area contributed by atoms with Crippen LogP contribution in [0.2, 0.25) is 0 Å². The third-order valence-corrected chi connectivity index (χ3v) is 3.61. The second kappa shape index (κ2) is 3.16. The minimum atomic E-state index is -3.22. The Morgan fingerprint density at radius 3 is 2.00 bits per heavy atom. The molecule has 0 unspecified atom stereocenters. The van der Waals surface area contributed by atoms with Crippen molar-refractivity contribution in [3.05, 3.63) is 11.1 Å². The second-order valence-corrected chi connectivity index (χ2v) is 4.91. The zero-order chi connectivity index (χ0) is 9.35. The predicted octanol–water partition coefficient (Wildman–Crippen LogP) is 0.103. The maximum atomic E-state index is 11.3. The van der Waals surface area contributed by atoms with Crippen LogP contribution in [0, 0.1) is 0 Å². The average molecular weight is 190 g/mol. The summed E-state index contributed by atoms with van der Waals surface area (Å²) < 4.78 is 26.3. The third kappa shape index (κ3) is 1.68. The highest BCUT2D eigenvalue weighted by Crippen LogP contribution is 2.17. The van der Waals surface area contributed by atoms with Crippen LogP contribution in [0.1, 0.15) is 13.8 Å². The molecule has 1 aliphatic rings. The Hall–Kier alpha value is -0.390. The molecule has 1 aliphatic heterocycles. The van der Waals surface area contributed by atoms with Crippen molar-refractivity contribution in [2.45, 2.75) is 13.8 Å². The Morgan fingerprint density at radius 2 is 1.67 bits per heavy atom. The molecule has 0 aromatic rings. The van der Waals surface area contributed by atoms with Crippen LogP contribution >= 0.6 is 0 Å². The summed E-state index contributed by atoms with van der Waals surface area (Å²) in [4.78, 5) is 0. The van der Waals surface area contributed by atoms with Crippen LogP contribution in [0.25, 0.3) is 0 Å². The summed E-state index contributed by atoms with van der Waals surface area (Å²) >= 11 is 0. The number of nitrogens with one attached hydrogen (secondary N) is 1. The molecule has 0 atom stereocenters. The van der Waals surface area contributed by atoms with Gasteiger partial charge in [0, 0.05) is 20.1 Å². The van der Waals surface area contributed by atoms with E-state index < -0.39 is 10.2 Å². The molecule has 0 radical (unpaired) electrons. The van der Waals surface area contributed by atoms with E-state index in [2.05, 4.69) is 4.72 Å². The van der Waals surface area contributed by atoms with Crippen molar-refractivity contribution in [2.24, 2.45) is 0 Å². The minimum absolute atomic E-state index is 0.523. The lowest BCUT2D eigenvalue weighted by Gasteiger charge is -2.14. The van der Waals surface area contributed by atoms with Gasteiger partial charge < -0.3 is 0 Å². The molecule has 1 N–H and O–H groups in total. The second-order valence-electron chi connectivity index (χ2n) is 3.04. The van der Waals surface area contributed by atoms with Crippen LogP contribution in [-0.2, 0) is 10.2 Å². The van der Waals surface area contributed by atoms with Gasteiger partial charge in [0.1, 0.15) is 0 Å². The molecule has 0 aliphatic carbocycles. The van der Waals surface area contributed by atoms with Crippen molar-refractivity contribution in [3.63, 3.8) is 0 Å². The molecule has 70 valence electrons. The smallest absolute Gasteiger partial charge is 0.205 e. The van der Waals surface area contributed by atoms with E-state index in [-0.39, 0.29) is 0 Å². The summed E-state index contributed by atoms with van der Waals surface area (Å²) in [6.07, 6.45) is 0. The van der Waals surface area contributed by atoms with Crippen LogP contribution in [0.15, 0.2) is 11.1 Å². The van der Waals surface area contributed by atoms with E-state index >= 15 is 0 Å². The molecule has 12 heavy (non-hydrogen) atoms. The van der Waals surface area contributed by atoms with Crippen molar-refractivity contribution in [1.82, 2.24) is 9.03 Å². The number of hydrogen-bond donors (Lipinski definition) is 1. The molecular weight excluding hydrogens is 176 g/mol. The van der Waals surface area contributed by atoms with Crippen molar-refractivity contribution >= 4 is 10.2 Å². The van der Waals surface area contributed by atoms with Gasteiger partial charge in [-0.2, -0.15) is 12.7 Å². The molecule has 1 heterocycles. The van der Waals surface area contributed by atoms with E-state index in [9.17, 15) is 8.42 Å². The van der Waals surface area contributed by atoms with E-state index in [1.165, 1.54) is 11.4 Å². The first kappa shape index (κ1) is 9.70. The Morgan fingerprint density at radius 1 is 1.25 bits per heavy atom. The molecule has 0 aromatic heterocycles. The van der Waals surface area contributed by atoms with Gasteiger partial charge in [-0.15, -0.1) is 0 Å². The maximum Gasteiger partial charge on any atom is 0.279 e. The minimum Gasteiger partial charge on any atom is -0.205 e. The first-order chi connectivity index (χ1) is 5.47. The summed E-state index contributed by atoms with van der Waals surface area (Å²) in [5.74, 6) is 0.